The van der Waals surface area contributed by atoms with Crippen molar-refractivity contribution in [3.63, 3.8) is 0 Å². The van der Waals surface area contributed by atoms with E-state index in [4.69, 9.17) is 9.15 Å². The number of carbonyl (C=O) groups excluding carboxylic acids is 1. The van der Waals surface area contributed by atoms with Gasteiger partial charge >= 0.3 is 0 Å². The number of nitrogens with zero attached hydrogens (tertiary/aromatic N) is 3. The highest BCUT2D eigenvalue weighted by molar-refractivity contribution is 7.99. The number of benzene rings is 1. The van der Waals surface area contributed by atoms with Crippen LogP contribution >= 0.6 is 11.8 Å². The van der Waals surface area contributed by atoms with Crippen LogP contribution in [0.3, 0.4) is 0 Å². The Morgan fingerprint density at radius 2 is 2.11 bits per heavy atom. The molecule has 0 aliphatic heterocycles. The second-order valence-electron chi connectivity index (χ2n) is 6.40. The lowest BCUT2D eigenvalue weighted by atomic mass is 9.90. The molecule has 0 saturated carbocycles. The molecular weight excluding hydrogens is 371 g/mol. The fourth-order valence-corrected chi connectivity index (χ4v) is 2.55. The predicted molar refractivity (Wildman–Crippen MR) is 97.5 cm³/mol. The zero-order valence-corrected chi connectivity index (χ0v) is 16.3. The van der Waals surface area contributed by atoms with Crippen LogP contribution < -0.4 is 10.1 Å². The van der Waals surface area contributed by atoms with Gasteiger partial charge in [0.05, 0.1) is 11.8 Å². The number of hydrogen-bond acceptors (Lipinski definition) is 7. The molecule has 1 aromatic carbocycles. The van der Waals surface area contributed by atoms with Gasteiger partial charge in [0.2, 0.25) is 5.91 Å². The Labute approximate surface area is 161 Å². The maximum absolute atomic E-state index is 13.6. The van der Waals surface area contributed by atoms with Crippen molar-refractivity contribution in [3.8, 4) is 11.8 Å². The second kappa shape index (κ2) is 8.86. The van der Waals surface area contributed by atoms with Gasteiger partial charge in [-0.05, 0) is 31.9 Å². The Balaban J connectivity index is 1.91. The maximum Gasteiger partial charge on any atom is 0.277 e. The van der Waals surface area contributed by atoms with Crippen molar-refractivity contribution in [1.82, 2.24) is 15.5 Å². The van der Waals surface area contributed by atoms with E-state index >= 15 is 0 Å². The molecule has 2 atom stereocenters. The topological polar surface area (TPSA) is 101 Å². The molecule has 1 heterocycles. The van der Waals surface area contributed by atoms with Gasteiger partial charge in [-0.1, -0.05) is 37.7 Å². The molecule has 0 bridgehead atoms. The molecule has 0 spiro atoms. The van der Waals surface area contributed by atoms with Crippen LogP contribution in [0.1, 0.15) is 39.7 Å². The number of nitriles is 1. The Morgan fingerprint density at radius 3 is 2.74 bits per heavy atom. The SMILES string of the molecule is CC(C)[C@@](C)(C#N)NC(=O)CSc1nnc([C@H](C)Oc2ccccc2F)o1. The van der Waals surface area contributed by atoms with Gasteiger partial charge in [0, 0.05) is 0 Å². The molecule has 144 valence electrons. The molecule has 0 radical (unpaired) electrons. The second-order valence-corrected chi connectivity index (χ2v) is 7.33. The first-order valence-electron chi connectivity index (χ1n) is 8.35. The average molecular weight is 392 g/mol. The van der Waals surface area contributed by atoms with Crippen molar-refractivity contribution in [2.45, 2.75) is 44.6 Å². The maximum atomic E-state index is 13.6. The lowest BCUT2D eigenvalue weighted by Gasteiger charge is -2.27. The van der Waals surface area contributed by atoms with Crippen molar-refractivity contribution in [1.29, 1.82) is 5.26 Å². The van der Waals surface area contributed by atoms with Crippen LogP contribution in [0.4, 0.5) is 4.39 Å². The number of thioether (sulfide) groups is 1. The van der Waals surface area contributed by atoms with Gasteiger partial charge in [0.15, 0.2) is 17.7 Å². The summed E-state index contributed by atoms with van der Waals surface area (Å²) in [6.45, 7) is 7.05. The number of nitrogens with one attached hydrogen (secondary N) is 1. The lowest BCUT2D eigenvalue weighted by Crippen LogP contribution is -2.49. The summed E-state index contributed by atoms with van der Waals surface area (Å²) < 4.78 is 24.6. The molecule has 2 aromatic rings. The van der Waals surface area contributed by atoms with Crippen molar-refractivity contribution in [2.75, 3.05) is 5.75 Å². The zero-order valence-electron chi connectivity index (χ0n) is 15.5. The van der Waals surface area contributed by atoms with E-state index in [1.54, 1.807) is 26.0 Å². The van der Waals surface area contributed by atoms with E-state index in [0.717, 1.165) is 11.8 Å². The van der Waals surface area contributed by atoms with Crippen LogP contribution in [-0.4, -0.2) is 27.4 Å². The smallest absolute Gasteiger partial charge is 0.277 e. The van der Waals surface area contributed by atoms with E-state index in [0.29, 0.717) is 0 Å². The van der Waals surface area contributed by atoms with E-state index in [1.807, 2.05) is 13.8 Å². The quantitative estimate of drug-likeness (QED) is 0.686. The third-order valence-electron chi connectivity index (χ3n) is 4.02. The highest BCUT2D eigenvalue weighted by Gasteiger charge is 2.30. The highest BCUT2D eigenvalue weighted by Crippen LogP contribution is 2.25. The van der Waals surface area contributed by atoms with E-state index in [2.05, 4.69) is 21.6 Å². The molecule has 2 rings (SSSR count). The van der Waals surface area contributed by atoms with Crippen molar-refractivity contribution < 1.29 is 18.3 Å². The minimum atomic E-state index is -0.945. The summed E-state index contributed by atoms with van der Waals surface area (Å²) in [5.41, 5.74) is -0.945. The van der Waals surface area contributed by atoms with Gasteiger partial charge in [-0.2, -0.15) is 5.26 Å². The van der Waals surface area contributed by atoms with Crippen molar-refractivity contribution in [2.24, 2.45) is 5.92 Å². The number of para-hydroxylation sites is 1. The van der Waals surface area contributed by atoms with Gasteiger partial charge in [0.1, 0.15) is 5.54 Å². The van der Waals surface area contributed by atoms with Crippen LogP contribution in [0.2, 0.25) is 0 Å². The summed E-state index contributed by atoms with van der Waals surface area (Å²) in [5, 5.41) is 19.9. The van der Waals surface area contributed by atoms with Gasteiger partial charge < -0.3 is 14.5 Å². The number of carbonyl (C=O) groups is 1. The van der Waals surface area contributed by atoms with Crippen LogP contribution in [0, 0.1) is 23.1 Å². The Bertz CT molecular complexity index is 836. The lowest BCUT2D eigenvalue weighted by molar-refractivity contribution is -0.120. The molecule has 9 heteroatoms. The number of halogens is 1. The predicted octanol–water partition coefficient (Wildman–Crippen LogP) is 3.50. The third-order valence-corrected chi connectivity index (χ3v) is 4.84. The van der Waals surface area contributed by atoms with Crippen LogP contribution in [-0.2, 0) is 4.79 Å². The molecule has 0 saturated heterocycles. The summed E-state index contributed by atoms with van der Waals surface area (Å²) in [4.78, 5) is 12.1. The summed E-state index contributed by atoms with van der Waals surface area (Å²) in [6.07, 6.45) is -0.652. The zero-order chi connectivity index (χ0) is 20.0. The van der Waals surface area contributed by atoms with Gasteiger partial charge in [-0.15, -0.1) is 10.2 Å². The summed E-state index contributed by atoms with van der Waals surface area (Å²) >= 11 is 1.05. The normalized spacial score (nSPS) is 14.3. The molecule has 0 aliphatic carbocycles. The number of aromatic nitrogens is 2. The molecular formula is C18H21FN4O3S. The van der Waals surface area contributed by atoms with E-state index in [9.17, 15) is 14.4 Å². The van der Waals surface area contributed by atoms with E-state index in [-0.39, 0.29) is 34.4 Å². The summed E-state index contributed by atoms with van der Waals surface area (Å²) in [7, 11) is 0. The Hall–Kier alpha value is -2.60. The summed E-state index contributed by atoms with van der Waals surface area (Å²) in [5.74, 6) is -0.558. The molecule has 27 heavy (non-hydrogen) atoms. The molecule has 7 nitrogen and oxygen atoms in total. The Kier molecular flexibility index (Phi) is 6.80. The molecule has 0 unspecified atom stereocenters. The molecule has 1 N–H and O–H groups in total. The number of rotatable bonds is 8. The average Bonchev–Trinajstić information content (AvgIpc) is 3.11. The number of ether oxygens (including phenoxy) is 1. The minimum absolute atomic E-state index is 0.0220. The molecule has 0 fully saturated rings. The monoisotopic (exact) mass is 392 g/mol. The van der Waals surface area contributed by atoms with Gasteiger partial charge in [-0.3, -0.25) is 4.79 Å². The Morgan fingerprint density at radius 1 is 1.41 bits per heavy atom. The fraction of sp³-hybridized carbons (Fsp3) is 0.444. The largest absolute Gasteiger partial charge is 0.478 e. The van der Waals surface area contributed by atoms with Gasteiger partial charge in [0.25, 0.3) is 11.1 Å². The van der Waals surface area contributed by atoms with Crippen LogP contribution in [0.5, 0.6) is 5.75 Å². The first kappa shape index (κ1) is 20.7. The van der Waals surface area contributed by atoms with Crippen LogP contribution in [0.15, 0.2) is 33.9 Å². The third kappa shape index (κ3) is 5.44. The first-order chi connectivity index (χ1) is 12.7. The standard InChI is InChI=1S/C18H21FN4O3S/c1-11(2)18(4,10-20)21-15(24)9-27-17-23-22-16(26-17)12(3)25-14-8-6-5-7-13(14)19/h5-8,11-12H,9H2,1-4H3,(H,21,24)/t12-,18+/m0/s1. The number of amides is 1. The molecule has 0 aliphatic rings. The summed E-state index contributed by atoms with van der Waals surface area (Å²) in [6, 6.07) is 8.13. The first-order valence-corrected chi connectivity index (χ1v) is 9.33. The van der Waals surface area contributed by atoms with Crippen molar-refractivity contribution in [3.05, 3.63) is 36.0 Å². The van der Waals surface area contributed by atoms with Crippen molar-refractivity contribution >= 4 is 17.7 Å². The van der Waals surface area contributed by atoms with Crippen LogP contribution in [0.25, 0.3) is 0 Å². The molecule has 1 aromatic heterocycles. The van der Waals surface area contributed by atoms with E-state index in [1.165, 1.54) is 12.1 Å². The fourth-order valence-electron chi connectivity index (χ4n) is 1.98. The highest BCUT2D eigenvalue weighted by atomic mass is 32.2. The van der Waals surface area contributed by atoms with E-state index < -0.39 is 17.5 Å². The molecule has 1 amide bonds. The minimum Gasteiger partial charge on any atom is -0.478 e. The number of hydrogen-bond donors (Lipinski definition) is 1. The van der Waals surface area contributed by atoms with Gasteiger partial charge in [-0.25, -0.2) is 4.39 Å².